The Kier molecular flexibility index (Phi) is 6.16. The van der Waals surface area contributed by atoms with Crippen molar-refractivity contribution in [3.8, 4) is 5.75 Å². The van der Waals surface area contributed by atoms with Crippen LogP contribution in [0.15, 0.2) is 36.9 Å². The number of carbonyl (C=O) groups excluding carboxylic acids is 1. The minimum absolute atomic E-state index is 0.128. The number of aliphatic hydroxyl groups is 1. The summed E-state index contributed by atoms with van der Waals surface area (Å²) in [5.41, 5.74) is 1.51. The number of benzene rings is 1. The average Bonchev–Trinajstić information content (AvgIpc) is 3.09. The quantitative estimate of drug-likeness (QED) is 0.848. The molecule has 6 heteroatoms. The Labute approximate surface area is 160 Å². The van der Waals surface area contributed by atoms with Gasteiger partial charge in [0.05, 0.1) is 6.33 Å². The highest BCUT2D eigenvalue weighted by Gasteiger charge is 2.32. The number of hydrogen-bond donors (Lipinski definition) is 1. The second-order valence-electron chi connectivity index (χ2n) is 7.54. The molecule has 0 spiro atoms. The van der Waals surface area contributed by atoms with E-state index >= 15 is 0 Å². The third-order valence-electron chi connectivity index (χ3n) is 5.40. The molecule has 2 aromatic rings. The number of hydrogen-bond acceptors (Lipinski definition) is 4. The first-order valence-electron chi connectivity index (χ1n) is 9.61. The lowest BCUT2D eigenvalue weighted by atomic mass is 9.96. The van der Waals surface area contributed by atoms with Gasteiger partial charge in [0, 0.05) is 38.4 Å². The average molecular weight is 371 g/mol. The van der Waals surface area contributed by atoms with E-state index in [-0.39, 0.29) is 12.5 Å². The summed E-state index contributed by atoms with van der Waals surface area (Å²) in [5, 5.41) is 10.9. The van der Waals surface area contributed by atoms with Gasteiger partial charge in [-0.3, -0.25) is 4.79 Å². The molecule has 1 saturated heterocycles. The first-order valence-corrected chi connectivity index (χ1v) is 9.61. The summed E-state index contributed by atoms with van der Waals surface area (Å²) in [6.07, 6.45) is 7.71. The molecule has 1 unspecified atom stereocenters. The van der Waals surface area contributed by atoms with Gasteiger partial charge < -0.3 is 19.3 Å². The van der Waals surface area contributed by atoms with Gasteiger partial charge in [0.25, 0.3) is 0 Å². The van der Waals surface area contributed by atoms with Gasteiger partial charge in [-0.15, -0.1) is 0 Å². The predicted molar refractivity (Wildman–Crippen MR) is 104 cm³/mol. The highest BCUT2D eigenvalue weighted by atomic mass is 16.5. The summed E-state index contributed by atoms with van der Waals surface area (Å²) in [6.45, 7) is 6.26. The molecular weight excluding hydrogens is 342 g/mol. The van der Waals surface area contributed by atoms with Crippen molar-refractivity contribution in [2.24, 2.45) is 0 Å². The van der Waals surface area contributed by atoms with Gasteiger partial charge in [-0.2, -0.15) is 0 Å². The number of rotatable bonds is 6. The molecular formula is C21H29N3O3. The third kappa shape index (κ3) is 5.32. The Morgan fingerprint density at radius 2 is 2.11 bits per heavy atom. The van der Waals surface area contributed by atoms with Crippen LogP contribution in [0.2, 0.25) is 0 Å². The lowest BCUT2D eigenvalue weighted by Gasteiger charge is -2.27. The monoisotopic (exact) mass is 371 g/mol. The van der Waals surface area contributed by atoms with E-state index in [0.717, 1.165) is 12.2 Å². The van der Waals surface area contributed by atoms with Crippen molar-refractivity contribution in [1.29, 1.82) is 0 Å². The van der Waals surface area contributed by atoms with Crippen molar-refractivity contribution in [2.75, 3.05) is 19.7 Å². The van der Waals surface area contributed by atoms with Gasteiger partial charge in [-0.1, -0.05) is 6.07 Å². The summed E-state index contributed by atoms with van der Waals surface area (Å²) in [5.74, 6) is 0.909. The van der Waals surface area contributed by atoms with E-state index in [9.17, 15) is 9.90 Å². The summed E-state index contributed by atoms with van der Waals surface area (Å²) in [6, 6.07) is 5.97. The molecule has 1 atom stereocenters. The third-order valence-corrected chi connectivity index (χ3v) is 5.40. The van der Waals surface area contributed by atoms with Gasteiger partial charge in [0.1, 0.15) is 18.0 Å². The second-order valence-corrected chi connectivity index (χ2v) is 7.54. The normalized spacial score (nSPS) is 20.3. The standard InChI is InChI=1S/C21H29N3O3/c1-17-4-5-19(14-18(17)2)27-15-21(26)7-3-10-24(12-8-21)20(25)6-11-23-13-9-22-16-23/h4-5,9,13-14,16,26H,3,6-8,10-12,15H2,1-2H3. The Hall–Kier alpha value is -2.34. The van der Waals surface area contributed by atoms with Crippen molar-refractivity contribution in [3.05, 3.63) is 48.0 Å². The molecule has 6 nitrogen and oxygen atoms in total. The molecule has 1 aromatic carbocycles. The van der Waals surface area contributed by atoms with Crippen LogP contribution in [0.5, 0.6) is 5.75 Å². The van der Waals surface area contributed by atoms with E-state index in [4.69, 9.17) is 4.74 Å². The fraction of sp³-hybridized carbons (Fsp3) is 0.524. The second kappa shape index (κ2) is 8.57. The number of carbonyl (C=O) groups is 1. The Morgan fingerprint density at radius 1 is 1.26 bits per heavy atom. The number of aryl methyl sites for hydroxylation is 3. The van der Waals surface area contributed by atoms with E-state index in [1.165, 1.54) is 11.1 Å². The van der Waals surface area contributed by atoms with Crippen LogP contribution in [-0.2, 0) is 11.3 Å². The van der Waals surface area contributed by atoms with Crippen LogP contribution >= 0.6 is 0 Å². The molecule has 1 N–H and O–H groups in total. The number of amides is 1. The maximum atomic E-state index is 12.5. The van der Waals surface area contributed by atoms with Crippen molar-refractivity contribution < 1.29 is 14.6 Å². The van der Waals surface area contributed by atoms with Crippen molar-refractivity contribution in [3.63, 3.8) is 0 Å². The highest BCUT2D eigenvalue weighted by molar-refractivity contribution is 5.76. The molecule has 0 radical (unpaired) electrons. The topological polar surface area (TPSA) is 67.6 Å². The SMILES string of the molecule is Cc1ccc(OCC2(O)CCCN(C(=O)CCn3ccnc3)CC2)cc1C. The number of ether oxygens (including phenoxy) is 1. The molecule has 27 heavy (non-hydrogen) atoms. The fourth-order valence-electron chi connectivity index (χ4n) is 3.40. The maximum Gasteiger partial charge on any atom is 0.224 e. The smallest absolute Gasteiger partial charge is 0.224 e. The van der Waals surface area contributed by atoms with Crippen LogP contribution in [-0.4, -0.2) is 50.8 Å². The van der Waals surface area contributed by atoms with Gasteiger partial charge >= 0.3 is 0 Å². The van der Waals surface area contributed by atoms with Crippen molar-refractivity contribution in [1.82, 2.24) is 14.5 Å². The Morgan fingerprint density at radius 3 is 2.85 bits per heavy atom. The van der Waals surface area contributed by atoms with Crippen LogP contribution < -0.4 is 4.74 Å². The zero-order valence-electron chi connectivity index (χ0n) is 16.2. The van der Waals surface area contributed by atoms with E-state index in [1.807, 2.05) is 33.9 Å². The zero-order valence-corrected chi connectivity index (χ0v) is 16.2. The lowest BCUT2D eigenvalue weighted by Crippen LogP contribution is -2.38. The highest BCUT2D eigenvalue weighted by Crippen LogP contribution is 2.25. The van der Waals surface area contributed by atoms with Gasteiger partial charge in [-0.25, -0.2) is 4.98 Å². The summed E-state index contributed by atoms with van der Waals surface area (Å²) < 4.78 is 7.77. The minimum Gasteiger partial charge on any atom is -0.491 e. The fourth-order valence-corrected chi connectivity index (χ4v) is 3.40. The van der Waals surface area contributed by atoms with Crippen LogP contribution in [0.4, 0.5) is 0 Å². The zero-order chi connectivity index (χ0) is 19.3. The molecule has 0 bridgehead atoms. The van der Waals surface area contributed by atoms with Gasteiger partial charge in [0.2, 0.25) is 5.91 Å². The Balaban J connectivity index is 1.50. The number of aromatic nitrogens is 2. The van der Waals surface area contributed by atoms with Crippen LogP contribution in [0.25, 0.3) is 0 Å². The molecule has 1 aliphatic rings. The molecule has 0 aliphatic carbocycles. The van der Waals surface area contributed by atoms with Crippen molar-refractivity contribution >= 4 is 5.91 Å². The molecule has 1 aliphatic heterocycles. The van der Waals surface area contributed by atoms with Gasteiger partial charge in [0.15, 0.2) is 0 Å². The number of imidazole rings is 1. The molecule has 146 valence electrons. The van der Waals surface area contributed by atoms with E-state index in [1.54, 1.807) is 12.5 Å². The van der Waals surface area contributed by atoms with E-state index in [0.29, 0.717) is 38.9 Å². The Bertz CT molecular complexity index is 760. The largest absolute Gasteiger partial charge is 0.491 e. The molecule has 0 saturated carbocycles. The van der Waals surface area contributed by atoms with E-state index < -0.39 is 5.60 Å². The molecule has 1 aromatic heterocycles. The summed E-state index contributed by atoms with van der Waals surface area (Å²) >= 11 is 0. The molecule has 3 rings (SSSR count). The maximum absolute atomic E-state index is 12.5. The van der Waals surface area contributed by atoms with Crippen LogP contribution in [0, 0.1) is 13.8 Å². The molecule has 2 heterocycles. The summed E-state index contributed by atoms with van der Waals surface area (Å²) in [4.78, 5) is 18.3. The molecule has 1 amide bonds. The lowest BCUT2D eigenvalue weighted by molar-refractivity contribution is -0.131. The minimum atomic E-state index is -0.891. The van der Waals surface area contributed by atoms with E-state index in [2.05, 4.69) is 18.8 Å². The van der Waals surface area contributed by atoms with Crippen LogP contribution in [0.3, 0.4) is 0 Å². The van der Waals surface area contributed by atoms with Crippen molar-refractivity contribution in [2.45, 2.75) is 51.7 Å². The summed E-state index contributed by atoms with van der Waals surface area (Å²) in [7, 11) is 0. The first kappa shape index (κ1) is 19.4. The van der Waals surface area contributed by atoms with Gasteiger partial charge in [-0.05, 0) is 56.4 Å². The first-order chi connectivity index (χ1) is 13.0. The number of nitrogens with zero attached hydrogens (tertiary/aromatic N) is 3. The molecule has 1 fully saturated rings. The predicted octanol–water partition coefficient (Wildman–Crippen LogP) is 2.71. The number of likely N-dealkylation sites (tertiary alicyclic amines) is 1. The van der Waals surface area contributed by atoms with Crippen LogP contribution in [0.1, 0.15) is 36.8 Å².